The molecular formula is C11H11BrN2O. The van der Waals surface area contributed by atoms with E-state index in [2.05, 4.69) is 25.9 Å². The second-order valence-corrected chi connectivity index (χ2v) is 4.26. The number of aromatic nitrogens is 1. The lowest BCUT2D eigenvalue weighted by Gasteiger charge is -1.98. The highest BCUT2D eigenvalue weighted by Crippen LogP contribution is 2.29. The number of halogens is 1. The molecule has 0 unspecified atom stereocenters. The van der Waals surface area contributed by atoms with Crippen molar-refractivity contribution in [3.8, 4) is 5.88 Å². The minimum Gasteiger partial charge on any atom is -0.494 e. The fraction of sp³-hybridized carbons (Fsp3) is 0.182. The minimum absolute atomic E-state index is 0.172. The number of aromatic amines is 1. The number of benzene rings is 1. The molecule has 0 amide bonds. The summed E-state index contributed by atoms with van der Waals surface area (Å²) in [7, 11) is 1.71. The minimum atomic E-state index is 0.172. The number of hydrogen-bond acceptors (Lipinski definition) is 2. The Morgan fingerprint density at radius 3 is 2.87 bits per heavy atom. The van der Waals surface area contributed by atoms with Crippen LogP contribution in [0.1, 0.15) is 12.5 Å². The summed E-state index contributed by atoms with van der Waals surface area (Å²) in [6.07, 6.45) is 0. The van der Waals surface area contributed by atoms with Gasteiger partial charge in [-0.1, -0.05) is 22.0 Å². The van der Waals surface area contributed by atoms with Gasteiger partial charge in [-0.25, -0.2) is 0 Å². The van der Waals surface area contributed by atoms with Gasteiger partial charge >= 0.3 is 0 Å². The van der Waals surface area contributed by atoms with Crippen LogP contribution in [0, 0.1) is 0 Å². The van der Waals surface area contributed by atoms with Gasteiger partial charge in [0, 0.05) is 22.6 Å². The van der Waals surface area contributed by atoms with Gasteiger partial charge in [-0.15, -0.1) is 0 Å². The summed E-state index contributed by atoms with van der Waals surface area (Å²) in [5.41, 5.74) is 2.50. The number of aromatic hydroxyl groups is 1. The molecule has 1 heterocycles. The molecule has 0 aliphatic rings. The highest BCUT2D eigenvalue weighted by molar-refractivity contribution is 9.10. The number of aliphatic imine (C=N–C) groups is 1. The fourth-order valence-electron chi connectivity index (χ4n) is 1.63. The van der Waals surface area contributed by atoms with Crippen LogP contribution in [-0.2, 0) is 0 Å². The number of rotatable bonds is 1. The first-order valence-corrected chi connectivity index (χ1v) is 5.36. The maximum atomic E-state index is 9.78. The summed E-state index contributed by atoms with van der Waals surface area (Å²) < 4.78 is 0.980. The second kappa shape index (κ2) is 3.70. The van der Waals surface area contributed by atoms with E-state index >= 15 is 0 Å². The number of nitrogens with zero attached hydrogens (tertiary/aromatic N) is 1. The Morgan fingerprint density at radius 1 is 1.47 bits per heavy atom. The molecule has 0 saturated heterocycles. The first-order valence-electron chi connectivity index (χ1n) is 4.57. The Labute approximate surface area is 96.0 Å². The quantitative estimate of drug-likeness (QED) is 0.766. The van der Waals surface area contributed by atoms with E-state index in [-0.39, 0.29) is 5.88 Å². The Morgan fingerprint density at radius 2 is 2.20 bits per heavy atom. The summed E-state index contributed by atoms with van der Waals surface area (Å²) in [5, 5.41) is 10.8. The van der Waals surface area contributed by atoms with Gasteiger partial charge < -0.3 is 10.1 Å². The van der Waals surface area contributed by atoms with Crippen LogP contribution >= 0.6 is 15.9 Å². The smallest absolute Gasteiger partial charge is 0.198 e. The van der Waals surface area contributed by atoms with Crippen molar-refractivity contribution in [1.82, 2.24) is 4.98 Å². The molecule has 78 valence electrons. The van der Waals surface area contributed by atoms with E-state index in [1.165, 1.54) is 0 Å². The Hall–Kier alpha value is -1.29. The fourth-order valence-corrected chi connectivity index (χ4v) is 1.99. The lowest BCUT2D eigenvalue weighted by molar-refractivity contribution is 0.457. The van der Waals surface area contributed by atoms with Crippen LogP contribution in [0.2, 0.25) is 0 Å². The summed E-state index contributed by atoms with van der Waals surface area (Å²) in [4.78, 5) is 7.02. The lowest BCUT2D eigenvalue weighted by atomic mass is 10.1. The highest BCUT2D eigenvalue weighted by atomic mass is 79.9. The van der Waals surface area contributed by atoms with E-state index in [9.17, 15) is 5.11 Å². The van der Waals surface area contributed by atoms with Gasteiger partial charge in [-0.3, -0.25) is 4.99 Å². The molecule has 1 aromatic carbocycles. The Bertz CT molecular complexity index is 543. The van der Waals surface area contributed by atoms with E-state index < -0.39 is 0 Å². The van der Waals surface area contributed by atoms with Gasteiger partial charge in [-0.2, -0.15) is 0 Å². The first kappa shape index (κ1) is 10.2. The largest absolute Gasteiger partial charge is 0.494 e. The summed E-state index contributed by atoms with van der Waals surface area (Å²) in [6.45, 7) is 1.88. The lowest BCUT2D eigenvalue weighted by Crippen LogP contribution is -1.92. The third kappa shape index (κ3) is 1.65. The molecule has 2 rings (SSSR count). The molecule has 2 N–H and O–H groups in total. The topological polar surface area (TPSA) is 48.4 Å². The van der Waals surface area contributed by atoms with Crippen molar-refractivity contribution in [2.24, 2.45) is 4.99 Å². The second-order valence-electron chi connectivity index (χ2n) is 3.35. The highest BCUT2D eigenvalue weighted by Gasteiger charge is 2.12. The van der Waals surface area contributed by atoms with Crippen LogP contribution in [0.25, 0.3) is 10.9 Å². The first-order chi connectivity index (χ1) is 7.13. The molecule has 3 nitrogen and oxygen atoms in total. The zero-order valence-corrected chi connectivity index (χ0v) is 10.1. The molecule has 0 atom stereocenters. The van der Waals surface area contributed by atoms with Crippen molar-refractivity contribution in [3.63, 3.8) is 0 Å². The van der Waals surface area contributed by atoms with E-state index in [1.54, 1.807) is 7.05 Å². The molecule has 0 aliphatic heterocycles. The Kier molecular flexibility index (Phi) is 2.52. The van der Waals surface area contributed by atoms with Gasteiger partial charge in [0.15, 0.2) is 5.88 Å². The zero-order valence-electron chi connectivity index (χ0n) is 8.50. The van der Waals surface area contributed by atoms with Crippen molar-refractivity contribution in [2.75, 3.05) is 7.05 Å². The summed E-state index contributed by atoms with van der Waals surface area (Å²) >= 11 is 3.39. The molecule has 0 radical (unpaired) electrons. The maximum Gasteiger partial charge on any atom is 0.198 e. The molecule has 0 saturated carbocycles. The van der Waals surface area contributed by atoms with Gasteiger partial charge in [0.25, 0.3) is 0 Å². The van der Waals surface area contributed by atoms with Crippen LogP contribution < -0.4 is 0 Å². The molecule has 1 aromatic heterocycles. The van der Waals surface area contributed by atoms with Gasteiger partial charge in [0.1, 0.15) is 0 Å². The van der Waals surface area contributed by atoms with E-state index in [0.29, 0.717) is 0 Å². The maximum absolute atomic E-state index is 9.78. The summed E-state index contributed by atoms with van der Waals surface area (Å²) in [5.74, 6) is 0.172. The van der Waals surface area contributed by atoms with E-state index in [0.717, 1.165) is 26.7 Å². The Balaban J connectivity index is 2.79. The van der Waals surface area contributed by atoms with Gasteiger partial charge in [0.05, 0.1) is 11.1 Å². The van der Waals surface area contributed by atoms with Crippen molar-refractivity contribution in [2.45, 2.75) is 6.92 Å². The van der Waals surface area contributed by atoms with E-state index in [4.69, 9.17) is 0 Å². The SMILES string of the molecule is CN=C(C)c1c(O)[nH]c2cc(Br)ccc12. The van der Waals surface area contributed by atoms with Crippen molar-refractivity contribution < 1.29 is 5.11 Å². The molecule has 0 spiro atoms. The van der Waals surface area contributed by atoms with Crippen LogP contribution in [0.15, 0.2) is 27.7 Å². The average molecular weight is 267 g/mol. The third-order valence-electron chi connectivity index (χ3n) is 2.44. The number of fused-ring (bicyclic) bond motifs is 1. The number of H-pyrrole nitrogens is 1. The van der Waals surface area contributed by atoms with E-state index in [1.807, 2.05) is 25.1 Å². The molecule has 15 heavy (non-hydrogen) atoms. The normalized spacial score (nSPS) is 12.3. The van der Waals surface area contributed by atoms with Gasteiger partial charge in [-0.05, 0) is 19.1 Å². The molecule has 2 aromatic rings. The molecule has 0 aliphatic carbocycles. The van der Waals surface area contributed by atoms with Gasteiger partial charge in [0.2, 0.25) is 0 Å². The van der Waals surface area contributed by atoms with Crippen molar-refractivity contribution in [3.05, 3.63) is 28.2 Å². The van der Waals surface area contributed by atoms with Crippen LogP contribution in [-0.4, -0.2) is 22.8 Å². The number of hydrogen-bond donors (Lipinski definition) is 2. The predicted octanol–water partition coefficient (Wildman–Crippen LogP) is 3.07. The standard InChI is InChI=1S/C11H11BrN2O/c1-6(13-2)10-8-4-3-7(12)5-9(8)14-11(10)15/h3-5,14-15H,1-2H3. The molecule has 0 bridgehead atoms. The number of nitrogens with one attached hydrogen (secondary N) is 1. The zero-order chi connectivity index (χ0) is 11.0. The van der Waals surface area contributed by atoms with Crippen LogP contribution in [0.5, 0.6) is 5.88 Å². The molecule has 0 fully saturated rings. The third-order valence-corrected chi connectivity index (χ3v) is 2.93. The predicted molar refractivity (Wildman–Crippen MR) is 65.8 cm³/mol. The molecular weight excluding hydrogens is 256 g/mol. The molecule has 4 heteroatoms. The average Bonchev–Trinajstić information content (AvgIpc) is 2.52. The van der Waals surface area contributed by atoms with Crippen LogP contribution in [0.3, 0.4) is 0 Å². The van der Waals surface area contributed by atoms with Crippen molar-refractivity contribution in [1.29, 1.82) is 0 Å². The van der Waals surface area contributed by atoms with Crippen molar-refractivity contribution >= 4 is 32.5 Å². The summed E-state index contributed by atoms with van der Waals surface area (Å²) in [6, 6.07) is 5.84. The van der Waals surface area contributed by atoms with Crippen LogP contribution in [0.4, 0.5) is 0 Å². The monoisotopic (exact) mass is 266 g/mol.